The van der Waals surface area contributed by atoms with E-state index in [1.807, 2.05) is 0 Å². The second-order valence-corrected chi connectivity index (χ2v) is 6.82. The van der Waals surface area contributed by atoms with E-state index in [9.17, 15) is 0 Å². The van der Waals surface area contributed by atoms with Crippen molar-refractivity contribution in [2.24, 2.45) is 0 Å². The van der Waals surface area contributed by atoms with Crippen LogP contribution in [0.1, 0.15) is 26.7 Å². The lowest BCUT2D eigenvalue weighted by atomic mass is 9.96. The van der Waals surface area contributed by atoms with E-state index in [0.717, 1.165) is 31.7 Å². The molecule has 0 rings (SSSR count). The van der Waals surface area contributed by atoms with Gasteiger partial charge in [0, 0.05) is 54.9 Å². The van der Waals surface area contributed by atoms with Gasteiger partial charge in [0.05, 0.1) is 18.7 Å². The van der Waals surface area contributed by atoms with Crippen molar-refractivity contribution in [1.29, 1.82) is 0 Å². The van der Waals surface area contributed by atoms with Crippen molar-refractivity contribution in [2.75, 3.05) is 61.0 Å². The Hall–Kier alpha value is 0.620. The highest BCUT2D eigenvalue weighted by Crippen LogP contribution is 2.34. The van der Waals surface area contributed by atoms with Gasteiger partial charge in [-0.15, -0.1) is 18.5 Å². The highest BCUT2D eigenvalue weighted by molar-refractivity contribution is 7.16. The summed E-state index contributed by atoms with van der Waals surface area (Å²) in [4.78, 5) is 2.34. The number of ether oxygens (including phenoxy) is 5. The maximum Gasteiger partial charge on any atom is 0.183 e. The molecule has 0 fully saturated rings. The molecular weight excluding hydrogens is 360 g/mol. The van der Waals surface area contributed by atoms with Crippen molar-refractivity contribution in [2.45, 2.75) is 50.3 Å². The van der Waals surface area contributed by atoms with Gasteiger partial charge in [0.1, 0.15) is 0 Å². The minimum Gasteiger partial charge on any atom is -0.383 e. The second-order valence-electron chi connectivity index (χ2n) is 5.88. The topological polar surface area (TPSA) is 49.4 Å². The monoisotopic (exact) mass is 399 g/mol. The zero-order valence-electron chi connectivity index (χ0n) is 17.0. The third kappa shape index (κ3) is 5.80. The van der Waals surface area contributed by atoms with Crippen molar-refractivity contribution < 1.29 is 23.7 Å². The Balaban J connectivity index is 6.06. The molecule has 0 saturated carbocycles. The van der Waals surface area contributed by atoms with E-state index < -0.39 is 11.6 Å². The first-order chi connectivity index (χ1) is 12.0. The van der Waals surface area contributed by atoms with E-state index in [-0.39, 0.29) is 12.1 Å². The average Bonchev–Trinajstić information content (AvgIpc) is 2.67. The van der Waals surface area contributed by atoms with Crippen LogP contribution < -0.4 is 0 Å². The molecule has 0 aromatic carbocycles. The molecule has 0 bridgehead atoms. The summed E-state index contributed by atoms with van der Waals surface area (Å²) in [6, 6.07) is -0.0103. The van der Waals surface area contributed by atoms with E-state index >= 15 is 0 Å². The van der Waals surface area contributed by atoms with Gasteiger partial charge < -0.3 is 23.7 Å². The lowest BCUT2D eigenvalue weighted by Crippen LogP contribution is -2.65. The van der Waals surface area contributed by atoms with Gasteiger partial charge in [-0.05, 0) is 12.3 Å². The molecule has 8 heteroatoms. The second kappa shape index (κ2) is 12.9. The van der Waals surface area contributed by atoms with Crippen LogP contribution >= 0.6 is 18.5 Å². The first kappa shape index (κ1) is 25.6. The highest BCUT2D eigenvalue weighted by Gasteiger charge is 2.48. The lowest BCUT2D eigenvalue weighted by Gasteiger charge is -2.50. The Morgan fingerprint density at radius 2 is 1.12 bits per heavy atom. The average molecular weight is 399 g/mol. The third-order valence-corrected chi connectivity index (χ3v) is 6.08. The Morgan fingerprint density at radius 3 is 1.32 bits per heavy atom. The Morgan fingerprint density at radius 1 is 0.760 bits per heavy atom. The lowest BCUT2D eigenvalue weighted by molar-refractivity contribution is -0.278. The molecule has 0 aliphatic rings. The van der Waals surface area contributed by atoms with Gasteiger partial charge >= 0.3 is 0 Å². The minimum atomic E-state index is -0.714. The fraction of sp³-hybridized carbons (Fsp3) is 1.00. The summed E-state index contributed by atoms with van der Waals surface area (Å²) in [7, 11) is 14.2. The summed E-state index contributed by atoms with van der Waals surface area (Å²) in [6.45, 7) is 5.47. The largest absolute Gasteiger partial charge is 0.383 e. The number of methoxy groups -OCH3 is 5. The summed E-state index contributed by atoms with van der Waals surface area (Å²) >= 11 is 0. The van der Waals surface area contributed by atoms with Gasteiger partial charge in [-0.25, -0.2) is 0 Å². The van der Waals surface area contributed by atoms with Gasteiger partial charge in [-0.1, -0.05) is 13.8 Å². The number of nitrogens with zero attached hydrogens (tertiary/aromatic N) is 1. The van der Waals surface area contributed by atoms with E-state index in [1.165, 1.54) is 0 Å². The SMILES string of the molecule is CCC(OC)(OC)C(CP)N(CCOC)C(CP)C(CC)(OC)OC. The summed E-state index contributed by atoms with van der Waals surface area (Å²) in [5, 5.41) is 0. The van der Waals surface area contributed by atoms with Crippen LogP contribution in [0.15, 0.2) is 0 Å². The molecule has 0 aliphatic carbocycles. The molecule has 0 amide bonds. The Labute approximate surface area is 159 Å². The fourth-order valence-corrected chi connectivity index (χ4v) is 4.88. The normalized spacial score (nSPS) is 15.6. The van der Waals surface area contributed by atoms with Gasteiger partial charge in [-0.2, -0.15) is 0 Å². The molecule has 0 N–H and O–H groups in total. The maximum atomic E-state index is 5.85. The van der Waals surface area contributed by atoms with E-state index in [2.05, 4.69) is 37.2 Å². The molecule has 25 heavy (non-hydrogen) atoms. The Bertz CT molecular complexity index is 296. The molecule has 0 radical (unpaired) electrons. The van der Waals surface area contributed by atoms with Crippen LogP contribution in [0.4, 0.5) is 0 Å². The molecule has 0 spiro atoms. The summed E-state index contributed by atoms with van der Waals surface area (Å²) in [5.74, 6) is -1.43. The maximum absolute atomic E-state index is 5.85. The molecule has 4 unspecified atom stereocenters. The van der Waals surface area contributed by atoms with Crippen LogP contribution in [0, 0.1) is 0 Å². The quantitative estimate of drug-likeness (QED) is 0.311. The van der Waals surface area contributed by atoms with E-state index in [1.54, 1.807) is 35.5 Å². The standard InChI is InChI=1S/C17H39NO5P2/c1-8-16(20-4,21-5)14(12-24)18(10-11-19-3)15(13-25)17(9-2,22-6)23-7/h14-15H,8-13,24-25H2,1-7H3. The van der Waals surface area contributed by atoms with Crippen LogP contribution in [0.3, 0.4) is 0 Å². The van der Waals surface area contributed by atoms with Gasteiger partial charge in [0.25, 0.3) is 0 Å². The zero-order valence-corrected chi connectivity index (χ0v) is 19.3. The zero-order chi connectivity index (χ0) is 19.5. The van der Waals surface area contributed by atoms with E-state index in [0.29, 0.717) is 6.61 Å². The van der Waals surface area contributed by atoms with Crippen molar-refractivity contribution in [3.63, 3.8) is 0 Å². The first-order valence-corrected chi connectivity index (χ1v) is 10.4. The predicted molar refractivity (Wildman–Crippen MR) is 109 cm³/mol. The molecule has 0 aliphatic heterocycles. The van der Waals surface area contributed by atoms with Crippen LogP contribution in [0.2, 0.25) is 0 Å². The van der Waals surface area contributed by atoms with Crippen molar-refractivity contribution >= 4 is 18.5 Å². The van der Waals surface area contributed by atoms with Crippen LogP contribution in [-0.2, 0) is 23.7 Å². The molecule has 152 valence electrons. The van der Waals surface area contributed by atoms with Crippen molar-refractivity contribution in [1.82, 2.24) is 4.90 Å². The Kier molecular flexibility index (Phi) is 13.2. The van der Waals surface area contributed by atoms with Crippen LogP contribution in [0.5, 0.6) is 0 Å². The van der Waals surface area contributed by atoms with Crippen LogP contribution in [0.25, 0.3) is 0 Å². The molecule has 0 saturated heterocycles. The highest BCUT2D eigenvalue weighted by atomic mass is 31.0. The van der Waals surface area contributed by atoms with Gasteiger partial charge in [-0.3, -0.25) is 4.90 Å². The fourth-order valence-electron chi connectivity index (χ4n) is 3.62. The number of hydrogen-bond donors (Lipinski definition) is 0. The third-order valence-electron chi connectivity index (χ3n) is 5.18. The summed E-state index contributed by atoms with van der Waals surface area (Å²) < 4.78 is 28.8. The molecule has 0 aromatic rings. The van der Waals surface area contributed by atoms with Gasteiger partial charge in [0.15, 0.2) is 11.6 Å². The van der Waals surface area contributed by atoms with Crippen molar-refractivity contribution in [3.8, 4) is 0 Å². The minimum absolute atomic E-state index is 0.00516. The van der Waals surface area contributed by atoms with Gasteiger partial charge in [0.2, 0.25) is 0 Å². The predicted octanol–water partition coefficient (Wildman–Crippen LogP) is 2.22. The molecular formula is C17H39NO5P2. The molecule has 4 atom stereocenters. The molecule has 0 aromatic heterocycles. The van der Waals surface area contributed by atoms with Crippen molar-refractivity contribution in [3.05, 3.63) is 0 Å². The number of rotatable bonds is 15. The number of hydrogen-bond acceptors (Lipinski definition) is 6. The summed E-state index contributed by atoms with van der Waals surface area (Å²) in [6.07, 6.45) is 3.03. The first-order valence-electron chi connectivity index (χ1n) is 8.81. The van der Waals surface area contributed by atoms with E-state index in [4.69, 9.17) is 23.7 Å². The molecule has 0 heterocycles. The summed E-state index contributed by atoms with van der Waals surface area (Å²) in [5.41, 5.74) is 0. The smallest absolute Gasteiger partial charge is 0.183 e. The molecule has 6 nitrogen and oxygen atoms in total. The van der Waals surface area contributed by atoms with Crippen LogP contribution in [-0.4, -0.2) is 89.6 Å².